The molecule has 0 unspecified atom stereocenters. The lowest BCUT2D eigenvalue weighted by molar-refractivity contribution is 0.0521. The van der Waals surface area contributed by atoms with E-state index in [1.54, 1.807) is 0 Å². The first-order chi connectivity index (χ1) is 7.53. The maximum absolute atomic E-state index is 5.72. The summed E-state index contributed by atoms with van der Waals surface area (Å²) in [5, 5.41) is 3.18. The zero-order chi connectivity index (χ0) is 12.0. The highest BCUT2D eigenvalue weighted by molar-refractivity contribution is 9.10. The molecule has 0 fully saturated rings. The molecule has 0 saturated heterocycles. The Hall–Kier alpha value is -0.380. The molecule has 3 heteroatoms. The molecule has 0 bridgehead atoms. The Labute approximate surface area is 107 Å². The van der Waals surface area contributed by atoms with E-state index in [4.69, 9.17) is 4.74 Å². The highest BCUT2D eigenvalue weighted by atomic mass is 79.9. The van der Waals surface area contributed by atoms with E-state index in [1.165, 1.54) is 5.56 Å². The molecule has 2 nitrogen and oxygen atoms in total. The first-order valence-electron chi connectivity index (χ1n) is 5.50. The summed E-state index contributed by atoms with van der Waals surface area (Å²) in [7, 11) is 1.97. The fourth-order valence-electron chi connectivity index (χ4n) is 1.56. The molecule has 0 atom stereocenters. The monoisotopic (exact) mass is 285 g/mol. The van der Waals surface area contributed by atoms with Crippen LogP contribution in [0.5, 0.6) is 0 Å². The molecule has 0 heterocycles. The van der Waals surface area contributed by atoms with Crippen LogP contribution in [0.3, 0.4) is 0 Å². The van der Waals surface area contributed by atoms with Crippen molar-refractivity contribution in [3.05, 3.63) is 34.3 Å². The van der Waals surface area contributed by atoms with Crippen molar-refractivity contribution in [2.24, 2.45) is 5.41 Å². The van der Waals surface area contributed by atoms with Crippen LogP contribution in [-0.2, 0) is 11.3 Å². The Morgan fingerprint density at radius 1 is 1.25 bits per heavy atom. The van der Waals surface area contributed by atoms with Gasteiger partial charge < -0.3 is 10.1 Å². The van der Waals surface area contributed by atoms with Crippen LogP contribution in [0.2, 0.25) is 0 Å². The first kappa shape index (κ1) is 13.7. The molecular weight excluding hydrogens is 266 g/mol. The van der Waals surface area contributed by atoms with Crippen molar-refractivity contribution in [2.75, 3.05) is 20.2 Å². The van der Waals surface area contributed by atoms with Crippen LogP contribution < -0.4 is 5.32 Å². The minimum atomic E-state index is 0.185. The lowest BCUT2D eigenvalue weighted by Gasteiger charge is -2.23. The largest absolute Gasteiger partial charge is 0.376 e. The summed E-state index contributed by atoms with van der Waals surface area (Å²) in [6.45, 7) is 6.81. The van der Waals surface area contributed by atoms with E-state index in [0.717, 1.165) is 17.6 Å². The fraction of sp³-hybridized carbons (Fsp3) is 0.538. The predicted molar refractivity (Wildman–Crippen MR) is 71.5 cm³/mol. The van der Waals surface area contributed by atoms with Crippen molar-refractivity contribution in [3.8, 4) is 0 Å². The zero-order valence-electron chi connectivity index (χ0n) is 10.2. The number of hydrogen-bond donors (Lipinski definition) is 1. The third-order valence-corrected chi connectivity index (χ3v) is 2.86. The predicted octanol–water partition coefficient (Wildman–Crippen LogP) is 3.21. The molecular formula is C13H20BrNO. The molecule has 0 amide bonds. The van der Waals surface area contributed by atoms with Crippen LogP contribution in [0.15, 0.2) is 28.7 Å². The van der Waals surface area contributed by atoms with Crippen molar-refractivity contribution in [1.82, 2.24) is 5.32 Å². The number of halogens is 1. The zero-order valence-corrected chi connectivity index (χ0v) is 11.8. The highest BCUT2D eigenvalue weighted by Crippen LogP contribution is 2.16. The average Bonchev–Trinajstić information content (AvgIpc) is 2.20. The van der Waals surface area contributed by atoms with Crippen molar-refractivity contribution in [2.45, 2.75) is 20.5 Å². The number of hydrogen-bond acceptors (Lipinski definition) is 2. The molecule has 1 aromatic carbocycles. The van der Waals surface area contributed by atoms with E-state index >= 15 is 0 Å². The van der Waals surface area contributed by atoms with Gasteiger partial charge in [0.1, 0.15) is 0 Å². The molecule has 90 valence electrons. The third-order valence-electron chi connectivity index (χ3n) is 2.33. The standard InChI is InChI=1S/C13H20BrNO/c1-13(2,9-15-3)10-16-8-11-4-6-12(14)7-5-11/h4-7,15H,8-10H2,1-3H3. The van der Waals surface area contributed by atoms with E-state index in [0.29, 0.717) is 6.61 Å². The molecule has 0 aromatic heterocycles. The Morgan fingerprint density at radius 3 is 2.44 bits per heavy atom. The molecule has 0 aliphatic rings. The SMILES string of the molecule is CNCC(C)(C)COCc1ccc(Br)cc1. The summed E-state index contributed by atoms with van der Waals surface area (Å²) in [6, 6.07) is 8.24. The lowest BCUT2D eigenvalue weighted by atomic mass is 9.95. The van der Waals surface area contributed by atoms with E-state index in [-0.39, 0.29) is 5.41 Å². The summed E-state index contributed by atoms with van der Waals surface area (Å²) in [4.78, 5) is 0. The number of nitrogens with one attached hydrogen (secondary N) is 1. The van der Waals surface area contributed by atoms with E-state index in [2.05, 4.69) is 47.2 Å². The molecule has 0 aliphatic carbocycles. The maximum Gasteiger partial charge on any atom is 0.0717 e. The van der Waals surface area contributed by atoms with Crippen LogP contribution in [0.25, 0.3) is 0 Å². The van der Waals surface area contributed by atoms with Gasteiger partial charge in [-0.1, -0.05) is 41.9 Å². The minimum absolute atomic E-state index is 0.185. The first-order valence-corrected chi connectivity index (χ1v) is 6.29. The molecule has 1 aromatic rings. The van der Waals surface area contributed by atoms with Crippen molar-refractivity contribution in [1.29, 1.82) is 0 Å². The lowest BCUT2D eigenvalue weighted by Crippen LogP contribution is -2.31. The second kappa shape index (κ2) is 6.38. The van der Waals surface area contributed by atoms with Gasteiger partial charge in [-0.2, -0.15) is 0 Å². The Kier molecular flexibility index (Phi) is 5.46. The van der Waals surface area contributed by atoms with Gasteiger partial charge in [0, 0.05) is 16.4 Å². The smallest absolute Gasteiger partial charge is 0.0717 e. The highest BCUT2D eigenvalue weighted by Gasteiger charge is 2.16. The van der Waals surface area contributed by atoms with Gasteiger partial charge in [0.05, 0.1) is 13.2 Å². The van der Waals surface area contributed by atoms with Gasteiger partial charge in [-0.05, 0) is 24.7 Å². The normalized spacial score (nSPS) is 11.8. The Balaban J connectivity index is 2.32. The molecule has 1 rings (SSSR count). The summed E-state index contributed by atoms with van der Waals surface area (Å²) in [6.07, 6.45) is 0. The molecule has 0 radical (unpaired) electrons. The van der Waals surface area contributed by atoms with Gasteiger partial charge in [-0.15, -0.1) is 0 Å². The van der Waals surface area contributed by atoms with E-state index in [1.807, 2.05) is 19.2 Å². The average molecular weight is 286 g/mol. The molecule has 0 spiro atoms. The molecule has 0 saturated carbocycles. The van der Waals surface area contributed by atoms with Crippen LogP contribution in [0.1, 0.15) is 19.4 Å². The second-order valence-corrected chi connectivity index (χ2v) is 5.73. The summed E-state index contributed by atoms with van der Waals surface area (Å²) < 4.78 is 6.83. The van der Waals surface area contributed by atoms with Crippen molar-refractivity contribution in [3.63, 3.8) is 0 Å². The topological polar surface area (TPSA) is 21.3 Å². The van der Waals surface area contributed by atoms with E-state index < -0.39 is 0 Å². The van der Waals surface area contributed by atoms with Gasteiger partial charge in [0.2, 0.25) is 0 Å². The summed E-state index contributed by atoms with van der Waals surface area (Å²) >= 11 is 3.42. The Bertz CT molecular complexity index is 308. The number of benzene rings is 1. The van der Waals surface area contributed by atoms with Gasteiger partial charge in [-0.25, -0.2) is 0 Å². The molecule has 0 aliphatic heterocycles. The summed E-state index contributed by atoms with van der Waals surface area (Å²) in [5.74, 6) is 0. The van der Waals surface area contributed by atoms with Crippen LogP contribution in [0.4, 0.5) is 0 Å². The van der Waals surface area contributed by atoms with Gasteiger partial charge in [0.15, 0.2) is 0 Å². The molecule has 1 N–H and O–H groups in total. The summed E-state index contributed by atoms with van der Waals surface area (Å²) in [5.41, 5.74) is 1.40. The van der Waals surface area contributed by atoms with Crippen LogP contribution in [-0.4, -0.2) is 20.2 Å². The van der Waals surface area contributed by atoms with Crippen LogP contribution in [0, 0.1) is 5.41 Å². The number of ether oxygens (including phenoxy) is 1. The minimum Gasteiger partial charge on any atom is -0.376 e. The van der Waals surface area contributed by atoms with E-state index in [9.17, 15) is 0 Å². The fourth-order valence-corrected chi connectivity index (χ4v) is 1.82. The van der Waals surface area contributed by atoms with Crippen molar-refractivity contribution < 1.29 is 4.74 Å². The van der Waals surface area contributed by atoms with Gasteiger partial charge in [0.25, 0.3) is 0 Å². The van der Waals surface area contributed by atoms with Crippen molar-refractivity contribution >= 4 is 15.9 Å². The molecule has 16 heavy (non-hydrogen) atoms. The van der Waals surface area contributed by atoms with Crippen LogP contribution >= 0.6 is 15.9 Å². The van der Waals surface area contributed by atoms with Gasteiger partial charge in [-0.3, -0.25) is 0 Å². The van der Waals surface area contributed by atoms with Gasteiger partial charge >= 0.3 is 0 Å². The second-order valence-electron chi connectivity index (χ2n) is 4.81. The third kappa shape index (κ3) is 5.10. The quantitative estimate of drug-likeness (QED) is 0.867. The Morgan fingerprint density at radius 2 is 1.88 bits per heavy atom. The maximum atomic E-state index is 5.72. The number of rotatable bonds is 6.